The van der Waals surface area contributed by atoms with Crippen molar-refractivity contribution in [3.05, 3.63) is 47.5 Å². The zero-order chi connectivity index (χ0) is 35.2. The first-order chi connectivity index (χ1) is 21.4. The molecule has 0 bridgehead atoms. The summed E-state index contributed by atoms with van der Waals surface area (Å²) in [5.41, 5.74) is 0.0179. The van der Waals surface area contributed by atoms with Crippen molar-refractivity contribution in [2.75, 3.05) is 28.4 Å². The van der Waals surface area contributed by atoms with Gasteiger partial charge in [-0.15, -0.1) is 0 Å². The second-order valence-corrected chi connectivity index (χ2v) is 14.5. The van der Waals surface area contributed by atoms with Crippen LogP contribution in [-0.4, -0.2) is 81.0 Å². The zero-order valence-electron chi connectivity index (χ0n) is 28.6. The maximum absolute atomic E-state index is 10.5. The summed E-state index contributed by atoms with van der Waals surface area (Å²) in [6.07, 6.45) is 0. The third kappa shape index (κ3) is 13.7. The number of thioether (sulfide) groups is 2. The van der Waals surface area contributed by atoms with Crippen LogP contribution < -0.4 is 18.9 Å². The average molecular weight is 679 g/mol. The predicted molar refractivity (Wildman–Crippen MR) is 180 cm³/mol. The number of aromatic carboxylic acids is 2. The van der Waals surface area contributed by atoms with Gasteiger partial charge in [0.25, 0.3) is 0 Å². The maximum Gasteiger partial charge on any atom is 0.336 e. The van der Waals surface area contributed by atoms with Gasteiger partial charge in [0.2, 0.25) is 23.5 Å². The van der Waals surface area contributed by atoms with E-state index in [1.807, 2.05) is 0 Å². The highest BCUT2D eigenvalue weighted by Gasteiger charge is 2.24. The number of methoxy groups -OCH3 is 4. The summed E-state index contributed by atoms with van der Waals surface area (Å²) in [6, 6.07) is 8.82. The van der Waals surface area contributed by atoms with Crippen LogP contribution in [0.15, 0.2) is 46.7 Å². The molecule has 46 heavy (non-hydrogen) atoms. The van der Waals surface area contributed by atoms with Gasteiger partial charge in [0.05, 0.1) is 51.7 Å². The lowest BCUT2D eigenvalue weighted by Crippen LogP contribution is -2.19. The third-order valence-corrected chi connectivity index (χ3v) is 9.45. The average Bonchev–Trinajstić information content (AvgIpc) is 3.00. The molecule has 0 spiro atoms. The third-order valence-electron chi connectivity index (χ3n) is 6.55. The Balaban J connectivity index is 0.000000351. The van der Waals surface area contributed by atoms with Crippen LogP contribution >= 0.6 is 23.5 Å². The molecule has 0 saturated heterocycles. The number of carbonyl (C=O) groups is 2. The summed E-state index contributed by atoms with van der Waals surface area (Å²) in [4.78, 5) is 38.1. The van der Waals surface area contributed by atoms with Crippen LogP contribution in [0.3, 0.4) is 0 Å². The monoisotopic (exact) mass is 678 g/mol. The van der Waals surface area contributed by atoms with Gasteiger partial charge in [0.1, 0.15) is 0 Å². The van der Waals surface area contributed by atoms with E-state index in [-0.39, 0.29) is 22.0 Å². The van der Waals surface area contributed by atoms with Crippen LogP contribution in [-0.2, 0) is 0 Å². The molecule has 12 nitrogen and oxygen atoms in total. The van der Waals surface area contributed by atoms with Crippen molar-refractivity contribution in [1.29, 1.82) is 0 Å². The minimum absolute atomic E-state index is 0.190. The minimum Gasteiger partial charge on any atom is -0.481 e. The number of nitrogens with zero attached hydrogens (tertiary/aromatic N) is 4. The first-order valence-corrected chi connectivity index (χ1v) is 15.9. The second kappa shape index (κ2) is 18.4. The second-order valence-electron chi connectivity index (χ2n) is 11.9. The Hall–Kier alpha value is -3.78. The zero-order valence-corrected chi connectivity index (χ0v) is 30.2. The van der Waals surface area contributed by atoms with Crippen LogP contribution in [0.25, 0.3) is 0 Å². The van der Waals surface area contributed by atoms with Gasteiger partial charge in [0.15, 0.2) is 10.3 Å². The molecule has 3 rings (SSSR count). The Morgan fingerprint density at radius 1 is 0.609 bits per heavy atom. The molecule has 14 heteroatoms. The van der Waals surface area contributed by atoms with Crippen LogP contribution in [0.5, 0.6) is 23.5 Å². The Morgan fingerprint density at radius 3 is 1.07 bits per heavy atom. The van der Waals surface area contributed by atoms with Gasteiger partial charge in [-0.05, 0) is 23.0 Å². The quantitative estimate of drug-likeness (QED) is 0.164. The van der Waals surface area contributed by atoms with Gasteiger partial charge >= 0.3 is 11.9 Å². The van der Waals surface area contributed by atoms with E-state index >= 15 is 0 Å². The molecule has 0 aliphatic heterocycles. The first-order valence-electron chi connectivity index (χ1n) is 14.2. The molecule has 0 amide bonds. The van der Waals surface area contributed by atoms with Crippen molar-refractivity contribution >= 4 is 35.5 Å². The first kappa shape index (κ1) is 40.2. The highest BCUT2D eigenvalue weighted by Crippen LogP contribution is 2.35. The minimum atomic E-state index is -1.23. The van der Waals surface area contributed by atoms with E-state index in [1.165, 1.54) is 24.3 Å². The number of hydrogen-bond donors (Lipinski definition) is 2. The largest absolute Gasteiger partial charge is 0.481 e. The molecule has 2 unspecified atom stereocenters. The molecule has 2 atom stereocenters. The molecule has 2 aromatic heterocycles. The van der Waals surface area contributed by atoms with E-state index in [0.29, 0.717) is 44.3 Å². The fraction of sp³-hybridized carbons (Fsp3) is 0.500. The Labute approximate surface area is 280 Å². The molecular formula is C32H46N4O8S2. The summed E-state index contributed by atoms with van der Waals surface area (Å²) in [6.45, 7) is 17.5. The lowest BCUT2D eigenvalue weighted by molar-refractivity contribution is 0.0651. The van der Waals surface area contributed by atoms with Crippen molar-refractivity contribution in [3.63, 3.8) is 0 Å². The van der Waals surface area contributed by atoms with Crippen molar-refractivity contribution in [1.82, 2.24) is 19.9 Å². The Kier molecular flexibility index (Phi) is 16.1. The predicted octanol–water partition coefficient (Wildman–Crippen LogP) is 7.12. The standard InChI is InChI=1S/2C12H20N2O2S.C8H6O4/c2*1-8(12(2,3)4)17-11-13-9(15-5)7-10(14-11)16-6;9-7(10)5-3-1-2-4-6(5)8(11)12/h2*7-8H,1-6H3;1-4H,(H,9,10)(H,11,12). The maximum atomic E-state index is 10.5. The van der Waals surface area contributed by atoms with Crippen molar-refractivity contribution in [3.8, 4) is 23.5 Å². The van der Waals surface area contributed by atoms with Gasteiger partial charge in [-0.25, -0.2) is 9.59 Å². The van der Waals surface area contributed by atoms with Crippen LogP contribution in [0.2, 0.25) is 0 Å². The number of carboxylic acid groups (broad SMARTS) is 2. The van der Waals surface area contributed by atoms with Gasteiger partial charge in [0, 0.05) is 10.5 Å². The van der Waals surface area contributed by atoms with Gasteiger partial charge in [-0.3, -0.25) is 0 Å². The number of ether oxygens (including phenoxy) is 4. The molecule has 2 N–H and O–H groups in total. The topological polar surface area (TPSA) is 163 Å². The van der Waals surface area contributed by atoms with E-state index in [1.54, 1.807) is 64.1 Å². The Morgan fingerprint density at radius 2 is 0.870 bits per heavy atom. The molecule has 2 heterocycles. The van der Waals surface area contributed by atoms with E-state index in [9.17, 15) is 9.59 Å². The van der Waals surface area contributed by atoms with Crippen LogP contribution in [0, 0.1) is 10.8 Å². The molecule has 1 aromatic carbocycles. The van der Waals surface area contributed by atoms with E-state index < -0.39 is 11.9 Å². The number of hydrogen-bond acceptors (Lipinski definition) is 12. The number of aromatic nitrogens is 4. The summed E-state index contributed by atoms with van der Waals surface area (Å²) in [5.74, 6) is -0.345. The van der Waals surface area contributed by atoms with E-state index in [0.717, 1.165) is 0 Å². The summed E-state index contributed by atoms with van der Waals surface area (Å²) in [5, 5.41) is 19.3. The number of carboxylic acids is 2. The summed E-state index contributed by atoms with van der Waals surface area (Å²) in [7, 11) is 6.35. The lowest BCUT2D eigenvalue weighted by atomic mass is 9.93. The van der Waals surface area contributed by atoms with Crippen molar-refractivity contribution in [2.45, 2.75) is 76.2 Å². The summed E-state index contributed by atoms with van der Waals surface area (Å²) >= 11 is 3.25. The van der Waals surface area contributed by atoms with E-state index in [2.05, 4.69) is 75.3 Å². The Bertz CT molecular complexity index is 1280. The van der Waals surface area contributed by atoms with Gasteiger partial charge < -0.3 is 29.2 Å². The van der Waals surface area contributed by atoms with Crippen LogP contribution in [0.1, 0.15) is 76.1 Å². The van der Waals surface area contributed by atoms with Crippen molar-refractivity contribution < 1.29 is 38.7 Å². The number of rotatable bonds is 10. The molecule has 254 valence electrons. The van der Waals surface area contributed by atoms with E-state index in [4.69, 9.17) is 29.2 Å². The van der Waals surface area contributed by atoms with Crippen LogP contribution in [0.4, 0.5) is 0 Å². The summed E-state index contributed by atoms with van der Waals surface area (Å²) < 4.78 is 20.5. The highest BCUT2D eigenvalue weighted by molar-refractivity contribution is 8.00. The van der Waals surface area contributed by atoms with Gasteiger partial charge in [-0.2, -0.15) is 19.9 Å². The molecule has 0 saturated carbocycles. The molecule has 0 aliphatic rings. The van der Waals surface area contributed by atoms with Gasteiger partial charge in [-0.1, -0.05) is 91.0 Å². The molecule has 3 aromatic rings. The molecule has 0 radical (unpaired) electrons. The number of benzene rings is 1. The SMILES string of the molecule is COc1cc(OC)nc(SC(C)C(C)(C)C)n1.COc1cc(OC)nc(SC(C)C(C)(C)C)n1.O=C(O)c1ccccc1C(=O)O. The van der Waals surface area contributed by atoms with Crippen molar-refractivity contribution in [2.24, 2.45) is 10.8 Å². The fourth-order valence-corrected chi connectivity index (χ4v) is 4.73. The smallest absolute Gasteiger partial charge is 0.336 e. The molecular weight excluding hydrogens is 633 g/mol. The normalized spacial score (nSPS) is 12.3. The fourth-order valence-electron chi connectivity index (χ4n) is 2.82. The molecule has 0 aliphatic carbocycles. The highest BCUT2D eigenvalue weighted by atomic mass is 32.2. The molecule has 0 fully saturated rings. The lowest BCUT2D eigenvalue weighted by Gasteiger charge is -2.25.